The van der Waals surface area contributed by atoms with Crippen LogP contribution in [0.4, 0.5) is 10.1 Å². The second kappa shape index (κ2) is 5.22. The van der Waals surface area contributed by atoms with Gasteiger partial charge in [-0.2, -0.15) is 0 Å². The highest BCUT2D eigenvalue weighted by atomic mass is 32.1. The van der Waals surface area contributed by atoms with Crippen LogP contribution in [0.15, 0.2) is 18.2 Å². The molecule has 1 saturated carbocycles. The summed E-state index contributed by atoms with van der Waals surface area (Å²) in [6, 6.07) is 5.27. The molecule has 1 fully saturated rings. The predicted octanol–water partition coefficient (Wildman–Crippen LogP) is 3.08. The Labute approximate surface area is 113 Å². The van der Waals surface area contributed by atoms with E-state index in [9.17, 15) is 4.39 Å². The molecule has 0 unspecified atom stereocenters. The van der Waals surface area contributed by atoms with Crippen molar-refractivity contribution in [3.63, 3.8) is 0 Å². The van der Waals surface area contributed by atoms with E-state index in [1.165, 1.54) is 25.0 Å². The molecule has 1 aliphatic rings. The van der Waals surface area contributed by atoms with Gasteiger partial charge in [-0.15, -0.1) is 0 Å². The number of hydrogen-bond acceptors (Lipinski definition) is 2. The summed E-state index contributed by atoms with van der Waals surface area (Å²) in [5, 5.41) is 0. The van der Waals surface area contributed by atoms with Crippen molar-refractivity contribution in [2.24, 2.45) is 11.7 Å². The van der Waals surface area contributed by atoms with Crippen LogP contribution in [0.5, 0.6) is 0 Å². The average molecular weight is 266 g/mol. The Balaban J connectivity index is 2.37. The van der Waals surface area contributed by atoms with Gasteiger partial charge in [0.15, 0.2) is 0 Å². The van der Waals surface area contributed by atoms with E-state index in [1.807, 2.05) is 0 Å². The Bertz CT molecular complexity index is 455. The van der Waals surface area contributed by atoms with Gasteiger partial charge >= 0.3 is 0 Å². The van der Waals surface area contributed by atoms with Crippen LogP contribution in [0, 0.1) is 11.7 Å². The van der Waals surface area contributed by atoms with E-state index >= 15 is 0 Å². The summed E-state index contributed by atoms with van der Waals surface area (Å²) < 4.78 is 13.3. The monoisotopic (exact) mass is 266 g/mol. The lowest BCUT2D eigenvalue weighted by Crippen LogP contribution is -2.32. The molecule has 0 bridgehead atoms. The Morgan fingerprint density at radius 3 is 2.67 bits per heavy atom. The van der Waals surface area contributed by atoms with E-state index < -0.39 is 0 Å². The minimum atomic E-state index is -0.290. The molecular formula is C14H19FN2S. The molecule has 1 aromatic carbocycles. The normalized spacial score (nSPS) is 14.9. The van der Waals surface area contributed by atoms with Crippen molar-refractivity contribution >= 4 is 22.9 Å². The maximum atomic E-state index is 13.3. The van der Waals surface area contributed by atoms with Gasteiger partial charge in [0.2, 0.25) is 0 Å². The van der Waals surface area contributed by atoms with Gasteiger partial charge in [0.25, 0.3) is 0 Å². The zero-order valence-corrected chi connectivity index (χ0v) is 11.6. The summed E-state index contributed by atoms with van der Waals surface area (Å²) >= 11 is 5.03. The van der Waals surface area contributed by atoms with E-state index in [2.05, 4.69) is 18.7 Å². The molecule has 18 heavy (non-hydrogen) atoms. The second-order valence-corrected chi connectivity index (χ2v) is 5.74. The lowest BCUT2D eigenvalue weighted by Gasteiger charge is -2.28. The molecule has 0 aliphatic heterocycles. The summed E-state index contributed by atoms with van der Waals surface area (Å²) in [5.74, 6) is 0.261. The molecule has 0 atom stereocenters. The zero-order valence-electron chi connectivity index (χ0n) is 10.8. The molecule has 2 rings (SSSR count). The third kappa shape index (κ3) is 2.99. The van der Waals surface area contributed by atoms with E-state index in [4.69, 9.17) is 18.0 Å². The van der Waals surface area contributed by atoms with Crippen molar-refractivity contribution in [1.29, 1.82) is 0 Å². The Morgan fingerprint density at radius 2 is 2.17 bits per heavy atom. The SMILES string of the molecule is CC(C)CN(c1ccc(F)cc1C(N)=S)C1CC1. The van der Waals surface area contributed by atoms with Gasteiger partial charge in [-0.25, -0.2) is 4.39 Å². The molecule has 0 spiro atoms. The second-order valence-electron chi connectivity index (χ2n) is 5.30. The van der Waals surface area contributed by atoms with Gasteiger partial charge < -0.3 is 10.6 Å². The summed E-state index contributed by atoms with van der Waals surface area (Å²) in [5.41, 5.74) is 7.33. The standard InChI is InChI=1S/C14H19FN2S/c1-9(2)8-17(11-4-5-11)13-6-3-10(15)7-12(13)14(16)18/h3,6-7,9,11H,4-5,8H2,1-2H3,(H2,16,18). The fourth-order valence-electron chi connectivity index (χ4n) is 2.18. The molecular weight excluding hydrogens is 247 g/mol. The number of hydrogen-bond donors (Lipinski definition) is 1. The topological polar surface area (TPSA) is 29.3 Å². The minimum absolute atomic E-state index is 0.263. The Hall–Kier alpha value is -1.16. The number of benzene rings is 1. The van der Waals surface area contributed by atoms with E-state index in [-0.39, 0.29) is 10.8 Å². The van der Waals surface area contributed by atoms with Crippen molar-refractivity contribution in [3.05, 3.63) is 29.6 Å². The average Bonchev–Trinajstić information content (AvgIpc) is 3.09. The molecule has 0 aromatic heterocycles. The summed E-state index contributed by atoms with van der Waals surface area (Å²) in [7, 11) is 0. The number of thiocarbonyl (C=S) groups is 1. The first-order valence-electron chi connectivity index (χ1n) is 6.35. The molecule has 4 heteroatoms. The number of rotatable bonds is 5. The smallest absolute Gasteiger partial charge is 0.124 e. The Kier molecular flexibility index (Phi) is 3.85. The highest BCUT2D eigenvalue weighted by Crippen LogP contribution is 2.34. The first-order valence-corrected chi connectivity index (χ1v) is 6.76. The molecule has 2 N–H and O–H groups in total. The molecule has 0 saturated heterocycles. The zero-order chi connectivity index (χ0) is 13.3. The fraction of sp³-hybridized carbons (Fsp3) is 0.500. The maximum absolute atomic E-state index is 13.3. The van der Waals surface area contributed by atoms with E-state index in [1.54, 1.807) is 6.07 Å². The first kappa shape index (κ1) is 13.3. The quantitative estimate of drug-likeness (QED) is 0.830. The summed E-state index contributed by atoms with van der Waals surface area (Å²) in [4.78, 5) is 2.58. The van der Waals surface area contributed by atoms with Gasteiger partial charge in [0.1, 0.15) is 10.8 Å². The molecule has 0 amide bonds. The van der Waals surface area contributed by atoms with Crippen LogP contribution >= 0.6 is 12.2 Å². The fourth-order valence-corrected chi connectivity index (χ4v) is 2.34. The molecule has 98 valence electrons. The molecule has 2 nitrogen and oxygen atoms in total. The van der Waals surface area contributed by atoms with E-state index in [0.717, 1.165) is 12.2 Å². The number of nitrogens with two attached hydrogens (primary N) is 1. The summed E-state index contributed by atoms with van der Waals surface area (Å²) in [6.45, 7) is 5.31. The van der Waals surface area contributed by atoms with Gasteiger partial charge in [-0.1, -0.05) is 26.1 Å². The van der Waals surface area contributed by atoms with Crippen LogP contribution in [0.3, 0.4) is 0 Å². The minimum Gasteiger partial charge on any atom is -0.389 e. The lowest BCUT2D eigenvalue weighted by molar-refractivity contribution is 0.604. The molecule has 1 aliphatic carbocycles. The van der Waals surface area contributed by atoms with Crippen LogP contribution in [0.2, 0.25) is 0 Å². The van der Waals surface area contributed by atoms with Crippen molar-refractivity contribution in [2.75, 3.05) is 11.4 Å². The highest BCUT2D eigenvalue weighted by molar-refractivity contribution is 7.80. The van der Waals surface area contributed by atoms with Gasteiger partial charge in [-0.05, 0) is 37.0 Å². The van der Waals surface area contributed by atoms with E-state index in [0.29, 0.717) is 17.5 Å². The Morgan fingerprint density at radius 1 is 1.50 bits per heavy atom. The van der Waals surface area contributed by atoms with Crippen LogP contribution in [-0.2, 0) is 0 Å². The van der Waals surface area contributed by atoms with Crippen molar-refractivity contribution < 1.29 is 4.39 Å². The van der Waals surface area contributed by atoms with Crippen LogP contribution < -0.4 is 10.6 Å². The van der Waals surface area contributed by atoms with Crippen LogP contribution in [0.1, 0.15) is 32.3 Å². The van der Waals surface area contributed by atoms with Crippen molar-refractivity contribution in [3.8, 4) is 0 Å². The third-order valence-electron chi connectivity index (χ3n) is 3.08. The largest absolute Gasteiger partial charge is 0.389 e. The lowest BCUT2D eigenvalue weighted by atomic mass is 10.1. The van der Waals surface area contributed by atoms with Gasteiger partial charge in [-0.3, -0.25) is 0 Å². The first-order chi connectivity index (χ1) is 8.49. The number of nitrogens with zero attached hydrogens (tertiary/aromatic N) is 1. The summed E-state index contributed by atoms with van der Waals surface area (Å²) in [6.07, 6.45) is 2.39. The molecule has 1 aromatic rings. The van der Waals surface area contributed by atoms with Crippen molar-refractivity contribution in [2.45, 2.75) is 32.7 Å². The van der Waals surface area contributed by atoms with Gasteiger partial charge in [0.05, 0.1) is 0 Å². The third-order valence-corrected chi connectivity index (χ3v) is 3.30. The van der Waals surface area contributed by atoms with Crippen LogP contribution in [-0.4, -0.2) is 17.6 Å². The predicted molar refractivity (Wildman–Crippen MR) is 77.5 cm³/mol. The number of halogens is 1. The molecule has 0 heterocycles. The van der Waals surface area contributed by atoms with Crippen LogP contribution in [0.25, 0.3) is 0 Å². The number of anilines is 1. The maximum Gasteiger partial charge on any atom is 0.124 e. The van der Waals surface area contributed by atoms with Gasteiger partial charge in [0, 0.05) is 23.8 Å². The van der Waals surface area contributed by atoms with Crippen molar-refractivity contribution in [1.82, 2.24) is 0 Å². The highest BCUT2D eigenvalue weighted by Gasteiger charge is 2.31. The molecule has 0 radical (unpaired) electrons.